The molecule has 0 aromatic rings. The summed E-state index contributed by atoms with van der Waals surface area (Å²) >= 11 is 0. The van der Waals surface area contributed by atoms with Crippen LogP contribution in [0, 0.1) is 5.92 Å². The van der Waals surface area contributed by atoms with Gasteiger partial charge in [0.2, 0.25) is 0 Å². The highest BCUT2D eigenvalue weighted by Crippen LogP contribution is 2.32. The lowest BCUT2D eigenvalue weighted by molar-refractivity contribution is -0.120. The first-order chi connectivity index (χ1) is 5.46. The lowest BCUT2D eigenvalue weighted by atomic mass is 10.2. The minimum absolute atomic E-state index is 0.114. The molecule has 0 spiro atoms. The number of carbonyl (C=O) groups excluding carboxylic acids is 1. The molecular formula is C7H12O4S. The molecule has 1 atom stereocenters. The molecule has 0 amide bonds. The molecule has 0 aromatic heterocycles. The Labute approximate surface area is 71.5 Å². The summed E-state index contributed by atoms with van der Waals surface area (Å²) in [7, 11) is -3.42. The van der Waals surface area contributed by atoms with E-state index in [1.54, 1.807) is 0 Å². The second kappa shape index (κ2) is 3.14. The van der Waals surface area contributed by atoms with E-state index in [2.05, 4.69) is 0 Å². The van der Waals surface area contributed by atoms with E-state index in [-0.39, 0.29) is 11.7 Å². The molecule has 12 heavy (non-hydrogen) atoms. The maximum Gasteiger partial charge on any atom is 0.159 e. The van der Waals surface area contributed by atoms with E-state index in [0.717, 1.165) is 19.1 Å². The van der Waals surface area contributed by atoms with Gasteiger partial charge in [-0.3, -0.25) is 4.79 Å². The summed E-state index contributed by atoms with van der Waals surface area (Å²) in [5.74, 6) is -0.433. The van der Waals surface area contributed by atoms with Crippen LogP contribution in [0.15, 0.2) is 0 Å². The van der Waals surface area contributed by atoms with Crippen molar-refractivity contribution in [3.63, 3.8) is 0 Å². The van der Waals surface area contributed by atoms with Crippen LogP contribution in [0.1, 0.15) is 12.8 Å². The van der Waals surface area contributed by atoms with E-state index in [0.29, 0.717) is 0 Å². The van der Waals surface area contributed by atoms with E-state index < -0.39 is 21.7 Å². The van der Waals surface area contributed by atoms with Gasteiger partial charge in [-0.25, -0.2) is 8.42 Å². The SMILES string of the molecule is CS(=O)(=O)[C@H](CO)C(=O)C1CC1. The summed E-state index contributed by atoms with van der Waals surface area (Å²) in [4.78, 5) is 11.2. The van der Waals surface area contributed by atoms with Gasteiger partial charge in [0.15, 0.2) is 15.6 Å². The van der Waals surface area contributed by atoms with E-state index in [4.69, 9.17) is 5.11 Å². The average Bonchev–Trinajstić information content (AvgIpc) is 2.65. The monoisotopic (exact) mass is 192 g/mol. The quantitative estimate of drug-likeness (QED) is 0.644. The van der Waals surface area contributed by atoms with Gasteiger partial charge in [-0.2, -0.15) is 0 Å². The van der Waals surface area contributed by atoms with Crippen LogP contribution in [0.5, 0.6) is 0 Å². The summed E-state index contributed by atoms with van der Waals surface area (Å²) in [5.41, 5.74) is 0. The van der Waals surface area contributed by atoms with Crippen LogP contribution >= 0.6 is 0 Å². The third kappa shape index (κ3) is 2.04. The van der Waals surface area contributed by atoms with Crippen molar-refractivity contribution in [3.05, 3.63) is 0 Å². The average molecular weight is 192 g/mol. The molecular weight excluding hydrogens is 180 g/mol. The fourth-order valence-corrected chi connectivity index (χ4v) is 1.95. The predicted octanol–water partition coefficient (Wildman–Crippen LogP) is -0.629. The van der Waals surface area contributed by atoms with E-state index in [1.165, 1.54) is 0 Å². The molecule has 0 aliphatic heterocycles. The van der Waals surface area contributed by atoms with Crippen LogP contribution in [-0.4, -0.2) is 37.4 Å². The van der Waals surface area contributed by atoms with Crippen molar-refractivity contribution in [1.29, 1.82) is 0 Å². The zero-order valence-electron chi connectivity index (χ0n) is 6.86. The molecule has 70 valence electrons. The molecule has 1 aliphatic rings. The fourth-order valence-electron chi connectivity index (χ4n) is 1.07. The third-order valence-corrected chi connectivity index (χ3v) is 3.39. The van der Waals surface area contributed by atoms with Crippen molar-refractivity contribution in [3.8, 4) is 0 Å². The zero-order valence-corrected chi connectivity index (χ0v) is 7.67. The molecule has 0 unspecified atom stereocenters. The molecule has 0 aromatic carbocycles. The molecule has 0 saturated heterocycles. The number of hydrogen-bond donors (Lipinski definition) is 1. The van der Waals surface area contributed by atoms with Crippen molar-refractivity contribution in [2.24, 2.45) is 5.92 Å². The Hall–Kier alpha value is -0.420. The van der Waals surface area contributed by atoms with Gasteiger partial charge in [-0.1, -0.05) is 0 Å². The number of hydrogen-bond acceptors (Lipinski definition) is 4. The molecule has 0 radical (unpaired) electrons. The summed E-state index contributed by atoms with van der Waals surface area (Å²) in [5, 5.41) is 7.52. The van der Waals surface area contributed by atoms with E-state index >= 15 is 0 Å². The minimum Gasteiger partial charge on any atom is -0.395 e. The first-order valence-corrected chi connectivity index (χ1v) is 5.75. The number of ketones is 1. The van der Waals surface area contributed by atoms with Crippen molar-refractivity contribution < 1.29 is 18.3 Å². The normalized spacial score (nSPS) is 20.5. The highest BCUT2D eigenvalue weighted by molar-refractivity contribution is 7.92. The number of carbonyl (C=O) groups is 1. The van der Waals surface area contributed by atoms with Gasteiger partial charge in [0.05, 0.1) is 6.61 Å². The number of rotatable bonds is 4. The standard InChI is InChI=1S/C7H12O4S/c1-12(10,11)6(4-8)7(9)5-2-3-5/h5-6,8H,2-4H2,1H3/t6-/m1/s1. The second-order valence-electron chi connectivity index (χ2n) is 3.18. The fraction of sp³-hybridized carbons (Fsp3) is 0.857. The summed E-state index contributed by atoms with van der Waals surface area (Å²) in [6.07, 6.45) is 2.52. The van der Waals surface area contributed by atoms with Crippen LogP contribution < -0.4 is 0 Å². The van der Waals surface area contributed by atoms with Crippen LogP contribution in [0.2, 0.25) is 0 Å². The van der Waals surface area contributed by atoms with Crippen molar-refractivity contribution >= 4 is 15.6 Å². The Balaban J connectivity index is 2.74. The predicted molar refractivity (Wildman–Crippen MR) is 43.4 cm³/mol. The maximum absolute atomic E-state index is 11.2. The second-order valence-corrected chi connectivity index (χ2v) is 5.41. The largest absolute Gasteiger partial charge is 0.395 e. The van der Waals surface area contributed by atoms with E-state index in [9.17, 15) is 13.2 Å². The molecule has 5 heteroatoms. The Bertz CT molecular complexity index is 276. The van der Waals surface area contributed by atoms with Gasteiger partial charge in [0.1, 0.15) is 5.25 Å². The Morgan fingerprint density at radius 2 is 2.08 bits per heavy atom. The van der Waals surface area contributed by atoms with Crippen LogP contribution in [-0.2, 0) is 14.6 Å². The summed E-state index contributed by atoms with van der Waals surface area (Å²) in [6, 6.07) is 0. The van der Waals surface area contributed by atoms with E-state index in [1.807, 2.05) is 0 Å². The van der Waals surface area contributed by atoms with Crippen LogP contribution in [0.3, 0.4) is 0 Å². The van der Waals surface area contributed by atoms with Gasteiger partial charge in [0, 0.05) is 12.2 Å². The van der Waals surface area contributed by atoms with Gasteiger partial charge in [0.25, 0.3) is 0 Å². The first kappa shape index (κ1) is 9.67. The van der Waals surface area contributed by atoms with Gasteiger partial charge < -0.3 is 5.11 Å². The molecule has 1 aliphatic carbocycles. The van der Waals surface area contributed by atoms with Crippen molar-refractivity contribution in [2.75, 3.05) is 12.9 Å². The highest BCUT2D eigenvalue weighted by Gasteiger charge is 2.38. The highest BCUT2D eigenvalue weighted by atomic mass is 32.2. The van der Waals surface area contributed by atoms with Crippen LogP contribution in [0.4, 0.5) is 0 Å². The molecule has 1 fully saturated rings. The van der Waals surface area contributed by atoms with Gasteiger partial charge in [-0.05, 0) is 12.8 Å². The summed E-state index contributed by atoms with van der Waals surface area (Å²) < 4.78 is 21.9. The maximum atomic E-state index is 11.2. The Morgan fingerprint density at radius 3 is 2.33 bits per heavy atom. The van der Waals surface area contributed by atoms with Gasteiger partial charge in [-0.15, -0.1) is 0 Å². The molecule has 0 bridgehead atoms. The molecule has 1 rings (SSSR count). The Morgan fingerprint density at radius 1 is 1.58 bits per heavy atom. The Kier molecular flexibility index (Phi) is 2.53. The van der Waals surface area contributed by atoms with Crippen LogP contribution in [0.25, 0.3) is 0 Å². The molecule has 1 N–H and O–H groups in total. The number of aliphatic hydroxyl groups is 1. The lowest BCUT2D eigenvalue weighted by Gasteiger charge is -2.09. The molecule has 0 heterocycles. The smallest absolute Gasteiger partial charge is 0.159 e. The zero-order chi connectivity index (χ0) is 9.35. The van der Waals surface area contributed by atoms with Gasteiger partial charge >= 0.3 is 0 Å². The first-order valence-electron chi connectivity index (χ1n) is 3.80. The lowest BCUT2D eigenvalue weighted by Crippen LogP contribution is -2.34. The topological polar surface area (TPSA) is 71.4 Å². The minimum atomic E-state index is -3.42. The summed E-state index contributed by atoms with van der Waals surface area (Å²) in [6.45, 7) is -0.589. The molecule has 4 nitrogen and oxygen atoms in total. The van der Waals surface area contributed by atoms with Crippen molar-refractivity contribution in [2.45, 2.75) is 18.1 Å². The number of Topliss-reactive ketones (excluding diaryl/α,β-unsaturated/α-hetero) is 1. The molecule has 1 saturated carbocycles. The third-order valence-electron chi connectivity index (χ3n) is 1.98. The number of aliphatic hydroxyl groups excluding tert-OH is 1. The number of sulfone groups is 1. The van der Waals surface area contributed by atoms with Crippen molar-refractivity contribution in [1.82, 2.24) is 0 Å².